The van der Waals surface area contributed by atoms with Gasteiger partial charge in [-0.1, -0.05) is 11.4 Å². The molecule has 0 saturated carbocycles. The molecule has 1 aromatic carbocycles. The molecule has 1 heterocycles. The van der Waals surface area contributed by atoms with Crippen LogP contribution in [0, 0.1) is 18.6 Å². The highest BCUT2D eigenvalue weighted by Gasteiger charge is 2.21. The molecular formula is C13H14BrF2N3S. The van der Waals surface area contributed by atoms with Crippen molar-refractivity contribution >= 4 is 27.5 Å². The molecule has 0 spiro atoms. The topological polar surface area (TPSA) is 37.8 Å². The number of nitrogens with zero attached hydrogens (tertiary/aromatic N) is 2. The van der Waals surface area contributed by atoms with Crippen molar-refractivity contribution in [3.05, 3.63) is 44.4 Å². The molecule has 0 aliphatic heterocycles. The minimum absolute atomic E-state index is 0.0677. The van der Waals surface area contributed by atoms with Gasteiger partial charge in [0.2, 0.25) is 0 Å². The van der Waals surface area contributed by atoms with Crippen LogP contribution in [0.15, 0.2) is 16.6 Å². The van der Waals surface area contributed by atoms with Crippen LogP contribution in [-0.4, -0.2) is 16.1 Å². The van der Waals surface area contributed by atoms with Gasteiger partial charge in [-0.2, -0.15) is 0 Å². The van der Waals surface area contributed by atoms with Crippen LogP contribution >= 0.6 is 27.5 Å². The third-order valence-electron chi connectivity index (χ3n) is 3.00. The Morgan fingerprint density at radius 1 is 1.40 bits per heavy atom. The van der Waals surface area contributed by atoms with Crippen LogP contribution in [0.1, 0.15) is 29.1 Å². The van der Waals surface area contributed by atoms with Crippen LogP contribution in [-0.2, 0) is 6.42 Å². The van der Waals surface area contributed by atoms with Crippen molar-refractivity contribution in [2.45, 2.75) is 26.3 Å². The quantitative estimate of drug-likeness (QED) is 0.823. The molecule has 0 amide bonds. The summed E-state index contributed by atoms with van der Waals surface area (Å²) >= 11 is 4.34. The van der Waals surface area contributed by atoms with Gasteiger partial charge in [-0.3, -0.25) is 0 Å². The SMILES string of the molecule is CCNC(Cc1c(F)ccc(Br)c1F)c1snnc1C. The van der Waals surface area contributed by atoms with E-state index in [-0.39, 0.29) is 22.5 Å². The first-order valence-corrected chi connectivity index (χ1v) is 7.75. The van der Waals surface area contributed by atoms with E-state index in [0.717, 1.165) is 10.6 Å². The average Bonchev–Trinajstić information content (AvgIpc) is 2.84. The van der Waals surface area contributed by atoms with Crippen molar-refractivity contribution in [1.29, 1.82) is 0 Å². The molecule has 2 aromatic rings. The molecule has 0 radical (unpaired) electrons. The Balaban J connectivity index is 2.34. The fraction of sp³-hybridized carbons (Fsp3) is 0.385. The van der Waals surface area contributed by atoms with Crippen molar-refractivity contribution in [2.24, 2.45) is 0 Å². The van der Waals surface area contributed by atoms with Gasteiger partial charge < -0.3 is 5.32 Å². The summed E-state index contributed by atoms with van der Waals surface area (Å²) < 4.78 is 32.1. The molecule has 0 bridgehead atoms. The Morgan fingerprint density at radius 3 is 2.75 bits per heavy atom. The zero-order valence-electron chi connectivity index (χ0n) is 11.1. The molecule has 0 aliphatic carbocycles. The summed E-state index contributed by atoms with van der Waals surface area (Å²) in [6, 6.07) is 2.44. The Bertz CT molecular complexity index is 603. The van der Waals surface area contributed by atoms with Crippen molar-refractivity contribution in [1.82, 2.24) is 14.9 Å². The van der Waals surface area contributed by atoms with Gasteiger partial charge in [0.15, 0.2) is 0 Å². The molecule has 7 heteroatoms. The molecular weight excluding hydrogens is 348 g/mol. The molecule has 3 nitrogen and oxygen atoms in total. The van der Waals surface area contributed by atoms with Crippen LogP contribution in [0.25, 0.3) is 0 Å². The van der Waals surface area contributed by atoms with E-state index in [1.54, 1.807) is 0 Å². The van der Waals surface area contributed by atoms with E-state index in [1.165, 1.54) is 23.7 Å². The summed E-state index contributed by atoms with van der Waals surface area (Å²) in [5.41, 5.74) is 0.856. The first-order chi connectivity index (χ1) is 9.54. The minimum atomic E-state index is -0.553. The maximum Gasteiger partial charge on any atom is 0.143 e. The predicted molar refractivity (Wildman–Crippen MR) is 78.8 cm³/mol. The third kappa shape index (κ3) is 3.21. The van der Waals surface area contributed by atoms with Crippen LogP contribution < -0.4 is 5.32 Å². The highest BCUT2D eigenvalue weighted by atomic mass is 79.9. The normalized spacial score (nSPS) is 12.7. The van der Waals surface area contributed by atoms with E-state index in [2.05, 4.69) is 30.8 Å². The highest BCUT2D eigenvalue weighted by molar-refractivity contribution is 9.10. The molecule has 0 saturated heterocycles. The maximum absolute atomic E-state index is 14.1. The molecule has 1 atom stereocenters. The summed E-state index contributed by atoms with van der Waals surface area (Å²) in [5, 5.41) is 7.19. The van der Waals surface area contributed by atoms with Crippen LogP contribution in [0.3, 0.4) is 0 Å². The summed E-state index contributed by atoms with van der Waals surface area (Å²) in [6.07, 6.45) is 0.218. The fourth-order valence-corrected chi connectivity index (χ4v) is 3.11. The highest BCUT2D eigenvalue weighted by Crippen LogP contribution is 2.28. The largest absolute Gasteiger partial charge is 0.309 e. The molecule has 108 valence electrons. The van der Waals surface area contributed by atoms with E-state index in [0.29, 0.717) is 6.54 Å². The second kappa shape index (κ2) is 6.69. The van der Waals surface area contributed by atoms with Crippen molar-refractivity contribution in [2.75, 3.05) is 6.54 Å². The number of hydrogen-bond acceptors (Lipinski definition) is 4. The van der Waals surface area contributed by atoms with Crippen LogP contribution in [0.4, 0.5) is 8.78 Å². The molecule has 2 rings (SSSR count). The predicted octanol–water partition coefficient (Wildman–Crippen LogP) is 3.78. The number of halogens is 3. The Hall–Kier alpha value is -0.920. The van der Waals surface area contributed by atoms with Crippen molar-refractivity contribution in [3.63, 3.8) is 0 Å². The lowest BCUT2D eigenvalue weighted by Gasteiger charge is -2.17. The van der Waals surface area contributed by atoms with Gasteiger partial charge in [-0.15, -0.1) is 5.10 Å². The smallest absolute Gasteiger partial charge is 0.143 e. The summed E-state index contributed by atoms with van der Waals surface area (Å²) in [5.74, 6) is -1.09. The Morgan fingerprint density at radius 2 is 2.15 bits per heavy atom. The number of aromatic nitrogens is 2. The average molecular weight is 362 g/mol. The van der Waals surface area contributed by atoms with Gasteiger partial charge in [0.05, 0.1) is 15.0 Å². The number of hydrogen-bond donors (Lipinski definition) is 1. The molecule has 1 aromatic heterocycles. The van der Waals surface area contributed by atoms with E-state index >= 15 is 0 Å². The summed E-state index contributed by atoms with van der Waals surface area (Å²) in [4.78, 5) is 0.908. The number of likely N-dealkylation sites (N-methyl/N-ethyl adjacent to an activating group) is 1. The van der Waals surface area contributed by atoms with Gasteiger partial charge in [-0.25, -0.2) is 8.78 Å². The molecule has 0 aliphatic rings. The van der Waals surface area contributed by atoms with Gasteiger partial charge in [0.1, 0.15) is 11.6 Å². The summed E-state index contributed by atoms with van der Waals surface area (Å²) in [6.45, 7) is 4.49. The fourth-order valence-electron chi connectivity index (χ4n) is 2.02. The number of benzene rings is 1. The minimum Gasteiger partial charge on any atom is -0.309 e. The first kappa shape index (κ1) is 15.5. The lowest BCUT2D eigenvalue weighted by molar-refractivity contribution is 0.500. The lowest BCUT2D eigenvalue weighted by atomic mass is 10.0. The van der Waals surface area contributed by atoms with Crippen molar-refractivity contribution in [3.8, 4) is 0 Å². The van der Waals surface area contributed by atoms with E-state index < -0.39 is 11.6 Å². The molecule has 20 heavy (non-hydrogen) atoms. The van der Waals surface area contributed by atoms with Gasteiger partial charge >= 0.3 is 0 Å². The van der Waals surface area contributed by atoms with Crippen LogP contribution in [0.5, 0.6) is 0 Å². The molecule has 1 unspecified atom stereocenters. The number of rotatable bonds is 5. The van der Waals surface area contributed by atoms with E-state index in [9.17, 15) is 8.78 Å². The lowest BCUT2D eigenvalue weighted by Crippen LogP contribution is -2.23. The molecule has 0 fully saturated rings. The zero-order valence-corrected chi connectivity index (χ0v) is 13.5. The summed E-state index contributed by atoms with van der Waals surface area (Å²) in [7, 11) is 0. The monoisotopic (exact) mass is 361 g/mol. The first-order valence-electron chi connectivity index (χ1n) is 6.19. The number of aryl methyl sites for hydroxylation is 1. The Kier molecular flexibility index (Phi) is 5.17. The Labute approximate surface area is 128 Å². The molecule has 1 N–H and O–H groups in total. The van der Waals surface area contributed by atoms with Crippen molar-refractivity contribution < 1.29 is 8.78 Å². The maximum atomic E-state index is 14.1. The third-order valence-corrected chi connectivity index (χ3v) is 4.55. The van der Waals surface area contributed by atoms with E-state index in [1.807, 2.05) is 13.8 Å². The zero-order chi connectivity index (χ0) is 14.7. The standard InChI is InChI=1S/C13H14BrF2N3S/c1-3-17-11(13-7(2)18-19-20-13)6-8-10(15)5-4-9(14)12(8)16/h4-5,11,17H,3,6H2,1-2H3. The van der Waals surface area contributed by atoms with Crippen LogP contribution in [0.2, 0.25) is 0 Å². The van der Waals surface area contributed by atoms with Gasteiger partial charge in [0, 0.05) is 11.6 Å². The second-order valence-electron chi connectivity index (χ2n) is 4.36. The number of nitrogens with one attached hydrogen (secondary N) is 1. The second-order valence-corrected chi connectivity index (χ2v) is 6.00. The van der Waals surface area contributed by atoms with Gasteiger partial charge in [0.25, 0.3) is 0 Å². The van der Waals surface area contributed by atoms with E-state index in [4.69, 9.17) is 0 Å². The van der Waals surface area contributed by atoms with Gasteiger partial charge in [-0.05, 0) is 59.5 Å².